The van der Waals surface area contributed by atoms with Crippen molar-refractivity contribution in [1.82, 2.24) is 0 Å². The Kier molecular flexibility index (Phi) is 9.15. The normalized spacial score (nSPS) is 16.5. The lowest BCUT2D eigenvalue weighted by Crippen LogP contribution is -2.24. The molecule has 9 heteroatoms. The van der Waals surface area contributed by atoms with Gasteiger partial charge >= 0.3 is 15.6 Å². The number of hydrogen-bond donors (Lipinski definition) is 2. The van der Waals surface area contributed by atoms with Crippen LogP contribution in [0.2, 0.25) is 0 Å². The average Bonchev–Trinajstić information content (AvgIpc) is 3.08. The monoisotopic (exact) mass is 730 g/mol. The summed E-state index contributed by atoms with van der Waals surface area (Å²) in [6, 6.07) is 39.0. The second kappa shape index (κ2) is 13.3. The second-order valence-corrected chi connectivity index (χ2v) is 16.7. The van der Waals surface area contributed by atoms with Crippen LogP contribution in [-0.2, 0) is 18.9 Å². The van der Waals surface area contributed by atoms with Crippen LogP contribution >= 0.6 is 15.6 Å². The maximum Gasteiger partial charge on any atom is 0.596 e. The van der Waals surface area contributed by atoms with Crippen molar-refractivity contribution >= 4 is 15.6 Å². The predicted molar refractivity (Wildman–Crippen MR) is 208 cm³/mol. The van der Waals surface area contributed by atoms with E-state index in [4.69, 9.17) is 13.4 Å². The molecule has 1 atom stereocenters. The Morgan fingerprint density at radius 1 is 0.558 bits per heavy atom. The van der Waals surface area contributed by atoms with Crippen molar-refractivity contribution in [2.45, 2.75) is 47.0 Å². The summed E-state index contributed by atoms with van der Waals surface area (Å²) in [5.74, 6) is 0.186. The van der Waals surface area contributed by atoms with Crippen LogP contribution in [0.5, 0.6) is 11.5 Å². The molecule has 0 aliphatic carbocycles. The molecule has 4 bridgehead atoms. The summed E-state index contributed by atoms with van der Waals surface area (Å²) in [6.45, 7) is 12.5. The summed E-state index contributed by atoms with van der Waals surface area (Å²) in [7, 11) is -10.6. The Balaban J connectivity index is 1.87. The first kappa shape index (κ1) is 35.7. The molecule has 4 aliphatic rings. The molecule has 6 aromatic rings. The standard InChI is InChI=1S/C43H40O7P2/c1-27-15-7-11-19-33(27)37-39(35-21-13-9-17-29(35)3)42-40(36-22-14-10-18-30(36)4)38(34-20-12-8-16-28(34)2)41(37)43(5,6)31-23-25-32(26-24-31)48-52(47,49-42)50-51(44,45)46/h7-26H,1-6H3,(H2,44,45,46). The van der Waals surface area contributed by atoms with E-state index in [1.54, 1.807) is 12.1 Å². The average molecular weight is 731 g/mol. The van der Waals surface area contributed by atoms with Crippen molar-refractivity contribution in [3.05, 3.63) is 155 Å². The molecule has 264 valence electrons. The summed E-state index contributed by atoms with van der Waals surface area (Å²) in [4.78, 5) is 20.4. The fourth-order valence-corrected chi connectivity index (χ4v) is 9.54. The highest BCUT2D eigenvalue weighted by Crippen LogP contribution is 2.66. The molecule has 0 radical (unpaired) electrons. The molecule has 0 saturated heterocycles. The minimum absolute atomic E-state index is 0.0690. The molecular formula is C43H40O7P2. The molecule has 0 fully saturated rings. The molecule has 10 rings (SSSR count). The Hall–Kier alpha value is -4.74. The summed E-state index contributed by atoms with van der Waals surface area (Å²) in [5.41, 5.74) is 11.3. The molecule has 2 N–H and O–H groups in total. The van der Waals surface area contributed by atoms with E-state index >= 15 is 4.57 Å². The Morgan fingerprint density at radius 2 is 0.923 bits per heavy atom. The summed E-state index contributed by atoms with van der Waals surface area (Å²) in [5, 5.41) is 0. The van der Waals surface area contributed by atoms with Gasteiger partial charge in [-0.2, -0.15) is 4.31 Å². The van der Waals surface area contributed by atoms with Gasteiger partial charge in [-0.1, -0.05) is 123 Å². The molecule has 52 heavy (non-hydrogen) atoms. The van der Waals surface area contributed by atoms with E-state index in [9.17, 15) is 14.4 Å². The van der Waals surface area contributed by atoms with Crippen LogP contribution in [0.25, 0.3) is 44.5 Å². The van der Waals surface area contributed by atoms with E-state index in [2.05, 4.69) is 52.0 Å². The first-order chi connectivity index (χ1) is 24.7. The fourth-order valence-electron chi connectivity index (χ4n) is 7.41. The quantitative estimate of drug-likeness (QED) is 0.164. The third-order valence-electron chi connectivity index (χ3n) is 9.94. The molecule has 0 spiro atoms. The molecule has 0 aromatic heterocycles. The van der Waals surface area contributed by atoms with Gasteiger partial charge in [-0.15, -0.1) is 0 Å². The van der Waals surface area contributed by atoms with Crippen molar-refractivity contribution in [2.75, 3.05) is 0 Å². The van der Waals surface area contributed by atoms with Crippen LogP contribution in [0, 0.1) is 27.7 Å². The van der Waals surface area contributed by atoms with Crippen LogP contribution in [-0.4, -0.2) is 9.79 Å². The highest BCUT2D eigenvalue weighted by molar-refractivity contribution is 7.61. The van der Waals surface area contributed by atoms with E-state index in [1.165, 1.54) is 0 Å². The maximum absolute atomic E-state index is 15.0. The SMILES string of the molecule is Cc1ccccc1-c1c2c(-c3ccccc3C)c(-c3ccccc3C)c(c1-c1ccccc1C)C(C)(C)c1ccc(cc1)OP(=O)(OP(=O)(O)O)O2. The molecule has 0 amide bonds. The lowest BCUT2D eigenvalue weighted by atomic mass is 9.67. The lowest BCUT2D eigenvalue weighted by Gasteiger charge is -2.37. The third-order valence-corrected chi connectivity index (χ3v) is 12.4. The Bertz CT molecular complexity index is 2330. The zero-order valence-corrected chi connectivity index (χ0v) is 31.7. The summed E-state index contributed by atoms with van der Waals surface area (Å²) < 4.78 is 45.2. The van der Waals surface area contributed by atoms with E-state index < -0.39 is 21.1 Å². The maximum atomic E-state index is 15.0. The summed E-state index contributed by atoms with van der Waals surface area (Å²) in [6.07, 6.45) is 0. The van der Waals surface area contributed by atoms with Gasteiger partial charge in [0.2, 0.25) is 0 Å². The molecular weight excluding hydrogens is 690 g/mol. The number of aryl methyl sites for hydroxylation is 4. The predicted octanol–water partition coefficient (Wildman–Crippen LogP) is 11.9. The first-order valence-electron chi connectivity index (χ1n) is 17.0. The number of rotatable bonds is 6. The first-order valence-corrected chi connectivity index (χ1v) is 20.0. The molecule has 4 heterocycles. The van der Waals surface area contributed by atoms with E-state index in [0.717, 1.165) is 66.8 Å². The lowest BCUT2D eigenvalue weighted by molar-refractivity contribution is 0.234. The highest BCUT2D eigenvalue weighted by atomic mass is 31.3. The van der Waals surface area contributed by atoms with Gasteiger partial charge in [-0.25, -0.2) is 9.13 Å². The minimum Gasteiger partial charge on any atom is -0.395 e. The van der Waals surface area contributed by atoms with Crippen molar-refractivity contribution in [3.63, 3.8) is 0 Å². The molecule has 4 aliphatic heterocycles. The summed E-state index contributed by atoms with van der Waals surface area (Å²) >= 11 is 0. The number of hydrogen-bond acceptors (Lipinski definition) is 5. The van der Waals surface area contributed by atoms with Gasteiger partial charge in [0.1, 0.15) is 11.5 Å². The van der Waals surface area contributed by atoms with Gasteiger partial charge in [0, 0.05) is 16.5 Å². The van der Waals surface area contributed by atoms with Crippen LogP contribution in [0.3, 0.4) is 0 Å². The number of phosphoric acid groups is 2. The van der Waals surface area contributed by atoms with Gasteiger partial charge in [0.25, 0.3) is 0 Å². The van der Waals surface area contributed by atoms with Crippen molar-refractivity contribution in [1.29, 1.82) is 0 Å². The van der Waals surface area contributed by atoms with Crippen molar-refractivity contribution in [2.24, 2.45) is 0 Å². The van der Waals surface area contributed by atoms with Crippen molar-refractivity contribution < 1.29 is 32.3 Å². The van der Waals surface area contributed by atoms with Gasteiger partial charge < -0.3 is 18.8 Å². The van der Waals surface area contributed by atoms with E-state index in [1.807, 2.05) is 98.8 Å². The van der Waals surface area contributed by atoms with E-state index in [-0.39, 0.29) is 11.5 Å². The fraction of sp³-hybridized carbons (Fsp3) is 0.163. The van der Waals surface area contributed by atoms with Crippen molar-refractivity contribution in [3.8, 4) is 56.0 Å². The zero-order valence-electron chi connectivity index (χ0n) is 29.9. The van der Waals surface area contributed by atoms with Gasteiger partial charge in [0.15, 0.2) is 0 Å². The highest BCUT2D eigenvalue weighted by Gasteiger charge is 2.45. The second-order valence-electron chi connectivity index (χ2n) is 13.8. The molecule has 1 unspecified atom stereocenters. The molecule has 0 saturated carbocycles. The van der Waals surface area contributed by atoms with Gasteiger partial charge in [0.05, 0.1) is 0 Å². The topological polar surface area (TPSA) is 102 Å². The van der Waals surface area contributed by atoms with Gasteiger partial charge in [-0.05, 0) is 107 Å². The van der Waals surface area contributed by atoms with Crippen LogP contribution < -0.4 is 9.05 Å². The smallest absolute Gasteiger partial charge is 0.395 e. The molecule has 7 nitrogen and oxygen atoms in total. The van der Waals surface area contributed by atoms with Crippen LogP contribution in [0.1, 0.15) is 47.2 Å². The van der Waals surface area contributed by atoms with Gasteiger partial charge in [-0.3, -0.25) is 0 Å². The molecule has 6 aromatic carbocycles. The largest absolute Gasteiger partial charge is 0.596 e. The number of phosphoric ester groups is 1. The van der Waals surface area contributed by atoms with Crippen LogP contribution in [0.4, 0.5) is 0 Å². The minimum atomic E-state index is -5.44. The number of benzene rings is 6. The Labute approximate surface area is 304 Å². The third kappa shape index (κ3) is 6.45. The van der Waals surface area contributed by atoms with Crippen LogP contribution in [0.15, 0.2) is 121 Å². The van der Waals surface area contributed by atoms with E-state index in [0.29, 0.717) is 11.1 Å². The zero-order chi connectivity index (χ0) is 37.0. The Morgan fingerprint density at radius 3 is 1.29 bits per heavy atom.